The maximum Gasteiger partial charge on any atom is 0.162 e. The molecule has 0 saturated heterocycles. The number of aliphatic hydroxyl groups is 1. The van der Waals surface area contributed by atoms with Crippen molar-refractivity contribution < 1.29 is 5.11 Å². The molecule has 0 fully saturated rings. The Kier molecular flexibility index (Phi) is 14.4. The number of hydrogen-bond acceptors (Lipinski definition) is 1. The van der Waals surface area contributed by atoms with Crippen LogP contribution in [-0.4, -0.2) is 10.2 Å². The van der Waals surface area contributed by atoms with Gasteiger partial charge in [-0.15, -0.1) is 0 Å². The lowest BCUT2D eigenvalue weighted by Gasteiger charge is -2.27. The molecule has 1 N–H and O–H groups in total. The third kappa shape index (κ3) is 11.5. The minimum Gasteiger partial charge on any atom is -0.502 e. The summed E-state index contributed by atoms with van der Waals surface area (Å²) in [5, 5.41) is 10.1. The van der Waals surface area contributed by atoms with Crippen molar-refractivity contribution in [3.8, 4) is 0 Å². The summed E-state index contributed by atoms with van der Waals surface area (Å²) in [6, 6.07) is 0. The average Bonchev–Trinajstić information content (AvgIpc) is 2.49. The molecule has 0 aromatic heterocycles. The van der Waals surface area contributed by atoms with Crippen molar-refractivity contribution in [2.45, 2.75) is 117 Å². The van der Waals surface area contributed by atoms with Crippen molar-refractivity contribution in [3.63, 3.8) is 0 Å². The van der Waals surface area contributed by atoms with Crippen molar-refractivity contribution in [3.05, 3.63) is 0 Å². The van der Waals surface area contributed by atoms with Crippen LogP contribution in [-0.2, 0) is 0 Å². The highest BCUT2D eigenvalue weighted by molar-refractivity contribution is 7.80. The summed E-state index contributed by atoms with van der Waals surface area (Å²) >= 11 is 5.11. The standard InChI is InChI=1S/C20H40OS/c1-4-6-8-9-10-11-12-13-14-16-18-20(3,19(21)22)17-15-7-5-2/h4-18H2,1-3H3,(H,21,22). The topological polar surface area (TPSA) is 20.2 Å². The Morgan fingerprint density at radius 1 is 0.682 bits per heavy atom. The molecule has 0 spiro atoms. The summed E-state index contributed by atoms with van der Waals surface area (Å²) in [6.07, 6.45) is 19.4. The number of unbranched alkanes of at least 4 members (excludes halogenated alkanes) is 11. The fourth-order valence-corrected chi connectivity index (χ4v) is 3.31. The molecule has 0 radical (unpaired) electrons. The Bertz CT molecular complexity index is 264. The number of hydrogen-bond donors (Lipinski definition) is 1. The Morgan fingerprint density at radius 3 is 1.41 bits per heavy atom. The lowest BCUT2D eigenvalue weighted by atomic mass is 9.80. The summed E-state index contributed by atoms with van der Waals surface area (Å²) in [6.45, 7) is 6.64. The van der Waals surface area contributed by atoms with E-state index in [1.54, 1.807) is 0 Å². The molecule has 2 heteroatoms. The molecule has 0 bridgehead atoms. The first kappa shape index (κ1) is 21.9. The lowest BCUT2D eigenvalue weighted by molar-refractivity contribution is 0.313. The summed E-state index contributed by atoms with van der Waals surface area (Å²) < 4.78 is 0. The molecule has 0 rings (SSSR count). The molecule has 0 aliphatic heterocycles. The summed E-state index contributed by atoms with van der Waals surface area (Å²) in [5.74, 6) is 0. The fraction of sp³-hybridized carbons (Fsp3) is 0.950. The van der Waals surface area contributed by atoms with Crippen LogP contribution in [0, 0.1) is 5.41 Å². The predicted molar refractivity (Wildman–Crippen MR) is 104 cm³/mol. The van der Waals surface area contributed by atoms with E-state index in [0.29, 0.717) is 0 Å². The van der Waals surface area contributed by atoms with E-state index in [1.807, 2.05) is 0 Å². The molecule has 1 nitrogen and oxygen atoms in total. The van der Waals surface area contributed by atoms with E-state index < -0.39 is 0 Å². The van der Waals surface area contributed by atoms with Gasteiger partial charge in [0.2, 0.25) is 0 Å². The molecule has 132 valence electrons. The van der Waals surface area contributed by atoms with Crippen LogP contribution in [0.1, 0.15) is 117 Å². The smallest absolute Gasteiger partial charge is 0.162 e. The molecule has 1 unspecified atom stereocenters. The highest BCUT2D eigenvalue weighted by Crippen LogP contribution is 2.32. The van der Waals surface area contributed by atoms with E-state index in [-0.39, 0.29) is 10.5 Å². The second-order valence-electron chi connectivity index (χ2n) is 7.25. The van der Waals surface area contributed by atoms with Crippen molar-refractivity contribution in [1.29, 1.82) is 0 Å². The largest absolute Gasteiger partial charge is 0.502 e. The van der Waals surface area contributed by atoms with Gasteiger partial charge >= 0.3 is 0 Å². The van der Waals surface area contributed by atoms with Gasteiger partial charge < -0.3 is 5.11 Å². The highest BCUT2D eigenvalue weighted by Gasteiger charge is 2.28. The minimum atomic E-state index is -0.120. The van der Waals surface area contributed by atoms with Crippen molar-refractivity contribution in [2.24, 2.45) is 5.41 Å². The molecule has 22 heavy (non-hydrogen) atoms. The van der Waals surface area contributed by atoms with E-state index >= 15 is 0 Å². The first-order valence-corrected chi connectivity index (χ1v) is 10.2. The van der Waals surface area contributed by atoms with E-state index in [0.717, 1.165) is 12.8 Å². The number of thiocarbonyl (C=S) groups is 1. The van der Waals surface area contributed by atoms with Crippen LogP contribution in [0.2, 0.25) is 0 Å². The minimum absolute atomic E-state index is 0.120. The van der Waals surface area contributed by atoms with Gasteiger partial charge in [-0.05, 0) is 25.1 Å². The SMILES string of the molecule is CCCCCCCCCCCCC(C)(CCCCC)C(O)=S. The molecular formula is C20H40OS. The average molecular weight is 329 g/mol. The Morgan fingerprint density at radius 2 is 1.00 bits per heavy atom. The third-order valence-electron chi connectivity index (χ3n) is 4.93. The summed E-state index contributed by atoms with van der Waals surface area (Å²) in [7, 11) is 0. The van der Waals surface area contributed by atoms with Gasteiger partial charge in [0.25, 0.3) is 0 Å². The number of aliphatic hydroxyl groups excluding tert-OH is 1. The van der Waals surface area contributed by atoms with Crippen LogP contribution < -0.4 is 0 Å². The Hall–Kier alpha value is -0.110. The van der Waals surface area contributed by atoms with E-state index in [4.69, 9.17) is 12.2 Å². The molecule has 0 aromatic rings. The molecule has 0 saturated carbocycles. The molecule has 0 heterocycles. The zero-order valence-electron chi connectivity index (χ0n) is 15.5. The van der Waals surface area contributed by atoms with Crippen LogP contribution in [0.25, 0.3) is 0 Å². The molecule has 0 aromatic carbocycles. The van der Waals surface area contributed by atoms with Crippen molar-refractivity contribution >= 4 is 17.3 Å². The Balaban J connectivity index is 3.62. The molecule has 0 aliphatic carbocycles. The van der Waals surface area contributed by atoms with Crippen molar-refractivity contribution in [1.82, 2.24) is 0 Å². The first-order valence-electron chi connectivity index (χ1n) is 9.80. The maximum atomic E-state index is 9.85. The van der Waals surface area contributed by atoms with Crippen LogP contribution in [0.5, 0.6) is 0 Å². The first-order chi connectivity index (χ1) is 10.6. The van der Waals surface area contributed by atoms with Gasteiger partial charge in [-0.1, -0.05) is 104 Å². The second kappa shape index (κ2) is 14.5. The third-order valence-corrected chi connectivity index (χ3v) is 5.42. The van der Waals surface area contributed by atoms with Crippen LogP contribution in [0.15, 0.2) is 0 Å². The van der Waals surface area contributed by atoms with E-state index in [1.165, 1.54) is 83.5 Å². The molecular weight excluding hydrogens is 288 g/mol. The van der Waals surface area contributed by atoms with Crippen molar-refractivity contribution in [2.75, 3.05) is 0 Å². The molecule has 0 amide bonds. The van der Waals surface area contributed by atoms with Gasteiger partial charge in [0.1, 0.15) is 0 Å². The Labute approximate surface area is 145 Å². The normalized spacial score (nSPS) is 14.0. The van der Waals surface area contributed by atoms with Crippen LogP contribution in [0.3, 0.4) is 0 Å². The van der Waals surface area contributed by atoms with Gasteiger partial charge in [-0.2, -0.15) is 0 Å². The van der Waals surface area contributed by atoms with Gasteiger partial charge in [-0.3, -0.25) is 0 Å². The highest BCUT2D eigenvalue weighted by atomic mass is 32.1. The predicted octanol–water partition coefficient (Wildman–Crippen LogP) is 7.77. The lowest BCUT2D eigenvalue weighted by Crippen LogP contribution is -2.26. The van der Waals surface area contributed by atoms with Gasteiger partial charge in [0.05, 0.1) is 0 Å². The van der Waals surface area contributed by atoms with Gasteiger partial charge in [0.15, 0.2) is 5.05 Å². The van der Waals surface area contributed by atoms with E-state index in [9.17, 15) is 5.11 Å². The van der Waals surface area contributed by atoms with Crippen LogP contribution in [0.4, 0.5) is 0 Å². The molecule has 0 aliphatic rings. The zero-order valence-corrected chi connectivity index (χ0v) is 16.3. The van der Waals surface area contributed by atoms with Crippen LogP contribution >= 0.6 is 12.2 Å². The fourth-order valence-electron chi connectivity index (χ4n) is 3.11. The molecule has 1 atom stereocenters. The maximum absolute atomic E-state index is 9.85. The quantitative estimate of drug-likeness (QED) is 0.231. The van der Waals surface area contributed by atoms with Gasteiger partial charge in [0, 0.05) is 5.41 Å². The second-order valence-corrected chi connectivity index (χ2v) is 7.64. The number of rotatable bonds is 16. The van der Waals surface area contributed by atoms with Gasteiger partial charge in [-0.25, -0.2) is 0 Å². The summed E-state index contributed by atoms with van der Waals surface area (Å²) in [5.41, 5.74) is -0.120. The monoisotopic (exact) mass is 328 g/mol. The van der Waals surface area contributed by atoms with E-state index in [2.05, 4.69) is 20.8 Å². The zero-order chi connectivity index (χ0) is 16.7. The summed E-state index contributed by atoms with van der Waals surface area (Å²) in [4.78, 5) is 0.